The fourth-order valence-electron chi connectivity index (χ4n) is 3.09. The SMILES string of the molecule is CC1CCC(NC(=O)CC2(CN)CCC2)C1. The van der Waals surface area contributed by atoms with Crippen molar-refractivity contribution in [1.29, 1.82) is 0 Å². The Morgan fingerprint density at radius 2 is 2.19 bits per heavy atom. The molecular formula is C13H24N2O. The third-order valence-corrected chi connectivity index (χ3v) is 4.44. The molecule has 2 fully saturated rings. The fraction of sp³-hybridized carbons (Fsp3) is 0.923. The van der Waals surface area contributed by atoms with Gasteiger partial charge < -0.3 is 11.1 Å². The van der Waals surface area contributed by atoms with Gasteiger partial charge in [-0.25, -0.2) is 0 Å². The van der Waals surface area contributed by atoms with Gasteiger partial charge >= 0.3 is 0 Å². The second kappa shape index (κ2) is 4.74. The molecule has 3 nitrogen and oxygen atoms in total. The number of carbonyl (C=O) groups excluding carboxylic acids is 1. The summed E-state index contributed by atoms with van der Waals surface area (Å²) in [6.07, 6.45) is 7.73. The van der Waals surface area contributed by atoms with E-state index in [9.17, 15) is 4.79 Å². The fourth-order valence-corrected chi connectivity index (χ4v) is 3.09. The van der Waals surface area contributed by atoms with Crippen LogP contribution in [0.1, 0.15) is 51.9 Å². The van der Waals surface area contributed by atoms with Gasteiger partial charge in [-0.05, 0) is 50.0 Å². The van der Waals surface area contributed by atoms with Crippen LogP contribution in [0.15, 0.2) is 0 Å². The van der Waals surface area contributed by atoms with Crippen LogP contribution in [0.25, 0.3) is 0 Å². The first kappa shape index (κ1) is 11.9. The maximum absolute atomic E-state index is 11.9. The molecule has 0 spiro atoms. The molecule has 2 unspecified atom stereocenters. The van der Waals surface area contributed by atoms with E-state index in [4.69, 9.17) is 5.73 Å². The zero-order valence-electron chi connectivity index (χ0n) is 10.3. The van der Waals surface area contributed by atoms with Gasteiger partial charge in [-0.1, -0.05) is 13.3 Å². The van der Waals surface area contributed by atoms with Crippen molar-refractivity contribution >= 4 is 5.91 Å². The van der Waals surface area contributed by atoms with Crippen LogP contribution in [0, 0.1) is 11.3 Å². The summed E-state index contributed by atoms with van der Waals surface area (Å²) >= 11 is 0. The molecule has 92 valence electrons. The highest BCUT2D eigenvalue weighted by Gasteiger charge is 2.38. The van der Waals surface area contributed by atoms with E-state index >= 15 is 0 Å². The molecule has 0 aromatic carbocycles. The summed E-state index contributed by atoms with van der Waals surface area (Å²) in [7, 11) is 0. The molecular weight excluding hydrogens is 200 g/mol. The summed E-state index contributed by atoms with van der Waals surface area (Å²) in [5.41, 5.74) is 5.91. The topological polar surface area (TPSA) is 55.1 Å². The molecule has 0 radical (unpaired) electrons. The van der Waals surface area contributed by atoms with Gasteiger partial charge in [0.2, 0.25) is 5.91 Å². The monoisotopic (exact) mass is 224 g/mol. The molecule has 16 heavy (non-hydrogen) atoms. The van der Waals surface area contributed by atoms with E-state index in [0.717, 1.165) is 31.6 Å². The minimum absolute atomic E-state index is 0.147. The Kier molecular flexibility index (Phi) is 3.53. The number of rotatable bonds is 4. The highest BCUT2D eigenvalue weighted by Crippen LogP contribution is 2.42. The molecule has 2 aliphatic rings. The van der Waals surface area contributed by atoms with E-state index in [-0.39, 0.29) is 11.3 Å². The van der Waals surface area contributed by atoms with Crippen LogP contribution in [0.3, 0.4) is 0 Å². The maximum Gasteiger partial charge on any atom is 0.220 e. The van der Waals surface area contributed by atoms with Crippen LogP contribution in [-0.2, 0) is 4.79 Å². The molecule has 0 saturated heterocycles. The van der Waals surface area contributed by atoms with Crippen molar-refractivity contribution in [2.24, 2.45) is 17.1 Å². The van der Waals surface area contributed by atoms with Gasteiger partial charge in [0.1, 0.15) is 0 Å². The minimum Gasteiger partial charge on any atom is -0.353 e. The van der Waals surface area contributed by atoms with Gasteiger partial charge in [0.25, 0.3) is 0 Å². The minimum atomic E-state index is 0.147. The predicted molar refractivity (Wildman–Crippen MR) is 64.9 cm³/mol. The standard InChI is InChI=1S/C13H24N2O/c1-10-3-4-11(7-10)15-12(16)8-13(9-14)5-2-6-13/h10-11H,2-9,14H2,1H3,(H,15,16). The Balaban J connectivity index is 1.76. The molecule has 3 N–H and O–H groups in total. The average Bonchev–Trinajstić information content (AvgIpc) is 2.57. The zero-order chi connectivity index (χ0) is 11.6. The first-order chi connectivity index (χ1) is 7.63. The Labute approximate surface area is 98.2 Å². The van der Waals surface area contributed by atoms with Crippen LogP contribution in [0.5, 0.6) is 0 Å². The van der Waals surface area contributed by atoms with Gasteiger partial charge in [-0.3, -0.25) is 4.79 Å². The second-order valence-corrected chi connectivity index (χ2v) is 5.92. The summed E-state index contributed by atoms with van der Waals surface area (Å²) in [4.78, 5) is 11.9. The van der Waals surface area contributed by atoms with Crippen molar-refractivity contribution in [2.45, 2.75) is 57.9 Å². The van der Waals surface area contributed by atoms with Gasteiger partial charge in [-0.15, -0.1) is 0 Å². The second-order valence-electron chi connectivity index (χ2n) is 5.92. The van der Waals surface area contributed by atoms with Gasteiger partial charge in [0, 0.05) is 12.5 Å². The third-order valence-electron chi connectivity index (χ3n) is 4.44. The normalized spacial score (nSPS) is 32.1. The van der Waals surface area contributed by atoms with Gasteiger partial charge in [0.15, 0.2) is 0 Å². The predicted octanol–water partition coefficient (Wildman–Crippen LogP) is 1.81. The molecule has 2 rings (SSSR count). The molecule has 2 aliphatic carbocycles. The lowest BCUT2D eigenvalue weighted by Gasteiger charge is -2.40. The Morgan fingerprint density at radius 3 is 2.62 bits per heavy atom. The van der Waals surface area contributed by atoms with Gasteiger partial charge in [0.05, 0.1) is 0 Å². The van der Waals surface area contributed by atoms with Crippen molar-refractivity contribution in [1.82, 2.24) is 5.32 Å². The van der Waals surface area contributed by atoms with Crippen molar-refractivity contribution in [3.8, 4) is 0 Å². The maximum atomic E-state index is 11.9. The molecule has 0 bridgehead atoms. The lowest BCUT2D eigenvalue weighted by Crippen LogP contribution is -2.43. The summed E-state index contributed by atoms with van der Waals surface area (Å²) in [5.74, 6) is 1.00. The number of nitrogens with one attached hydrogen (secondary N) is 1. The van der Waals surface area contributed by atoms with Crippen molar-refractivity contribution in [2.75, 3.05) is 6.54 Å². The number of amides is 1. The van der Waals surface area contributed by atoms with E-state index in [1.807, 2.05) is 0 Å². The molecule has 0 heterocycles. The molecule has 3 heteroatoms. The van der Waals surface area contributed by atoms with Crippen LogP contribution in [-0.4, -0.2) is 18.5 Å². The van der Waals surface area contributed by atoms with Crippen molar-refractivity contribution in [3.63, 3.8) is 0 Å². The molecule has 2 saturated carbocycles. The molecule has 0 aliphatic heterocycles. The highest BCUT2D eigenvalue weighted by atomic mass is 16.1. The van der Waals surface area contributed by atoms with E-state index < -0.39 is 0 Å². The largest absolute Gasteiger partial charge is 0.353 e. The Hall–Kier alpha value is -0.570. The van der Waals surface area contributed by atoms with Gasteiger partial charge in [-0.2, -0.15) is 0 Å². The van der Waals surface area contributed by atoms with E-state index in [1.165, 1.54) is 12.8 Å². The molecule has 0 aromatic rings. The highest BCUT2D eigenvalue weighted by molar-refractivity contribution is 5.77. The Bertz CT molecular complexity index is 255. The molecule has 1 amide bonds. The summed E-state index contributed by atoms with van der Waals surface area (Å²) < 4.78 is 0. The lowest BCUT2D eigenvalue weighted by atomic mass is 9.66. The third kappa shape index (κ3) is 2.57. The molecule has 0 aromatic heterocycles. The van der Waals surface area contributed by atoms with Crippen molar-refractivity contribution in [3.05, 3.63) is 0 Å². The summed E-state index contributed by atoms with van der Waals surface area (Å²) in [6.45, 7) is 2.93. The van der Waals surface area contributed by atoms with Crippen LogP contribution < -0.4 is 11.1 Å². The smallest absolute Gasteiger partial charge is 0.220 e. The van der Waals surface area contributed by atoms with Crippen LogP contribution in [0.2, 0.25) is 0 Å². The Morgan fingerprint density at radius 1 is 1.44 bits per heavy atom. The summed E-state index contributed by atoms with van der Waals surface area (Å²) in [5, 5.41) is 3.17. The van der Waals surface area contributed by atoms with Crippen LogP contribution in [0.4, 0.5) is 0 Å². The number of carbonyl (C=O) groups is 1. The first-order valence-electron chi connectivity index (χ1n) is 6.63. The summed E-state index contributed by atoms with van der Waals surface area (Å²) in [6, 6.07) is 0.428. The van der Waals surface area contributed by atoms with E-state index in [2.05, 4.69) is 12.2 Å². The quantitative estimate of drug-likeness (QED) is 0.765. The first-order valence-corrected chi connectivity index (χ1v) is 6.63. The number of nitrogens with two attached hydrogens (primary N) is 1. The average molecular weight is 224 g/mol. The van der Waals surface area contributed by atoms with E-state index in [1.54, 1.807) is 0 Å². The van der Waals surface area contributed by atoms with Crippen molar-refractivity contribution < 1.29 is 4.79 Å². The van der Waals surface area contributed by atoms with E-state index in [0.29, 0.717) is 19.0 Å². The molecule has 2 atom stereocenters. The number of hydrogen-bond acceptors (Lipinski definition) is 2. The van der Waals surface area contributed by atoms with Crippen LogP contribution >= 0.6 is 0 Å². The number of hydrogen-bond donors (Lipinski definition) is 2. The zero-order valence-corrected chi connectivity index (χ0v) is 10.3. The lowest BCUT2D eigenvalue weighted by molar-refractivity contribution is -0.125.